The van der Waals surface area contributed by atoms with Gasteiger partial charge in [0.1, 0.15) is 12.4 Å². The Morgan fingerprint density at radius 3 is 2.37 bits per heavy atom. The quantitative estimate of drug-likeness (QED) is 0.316. The fourth-order valence-electron chi connectivity index (χ4n) is 4.32. The lowest BCUT2D eigenvalue weighted by Gasteiger charge is -2.31. The predicted molar refractivity (Wildman–Crippen MR) is 141 cm³/mol. The van der Waals surface area contributed by atoms with Crippen molar-refractivity contribution < 1.29 is 14.7 Å². The van der Waals surface area contributed by atoms with Crippen LogP contribution >= 0.6 is 12.4 Å². The molecule has 0 bridgehead atoms. The molecule has 0 aromatic heterocycles. The number of para-hydroxylation sites is 1. The maximum atomic E-state index is 13.1. The second-order valence-electron chi connectivity index (χ2n) is 8.39. The van der Waals surface area contributed by atoms with Crippen LogP contribution in [0.4, 0.5) is 17.1 Å². The lowest BCUT2D eigenvalue weighted by molar-refractivity contribution is -0.135. The number of aliphatic carboxylic acids is 1. The highest BCUT2D eigenvalue weighted by atomic mass is 35.5. The third-order valence-corrected chi connectivity index (χ3v) is 6.05. The molecule has 7 nitrogen and oxygen atoms in total. The largest absolute Gasteiger partial charge is 0.480 e. The first-order valence-corrected chi connectivity index (χ1v) is 11.3. The number of nitrogens with two attached hydrogens (primary N) is 1. The van der Waals surface area contributed by atoms with E-state index >= 15 is 0 Å². The van der Waals surface area contributed by atoms with Gasteiger partial charge in [-0.3, -0.25) is 15.0 Å². The molecular formula is C27H29ClN4O3. The number of carbonyl (C=O) groups is 2. The average molecular weight is 493 g/mol. The molecule has 35 heavy (non-hydrogen) atoms. The maximum absolute atomic E-state index is 13.1. The van der Waals surface area contributed by atoms with Crippen molar-refractivity contribution in [3.05, 3.63) is 89.5 Å². The zero-order valence-corrected chi connectivity index (χ0v) is 20.1. The van der Waals surface area contributed by atoms with Crippen LogP contribution in [0.15, 0.2) is 72.8 Å². The minimum absolute atomic E-state index is 0. The lowest BCUT2D eigenvalue weighted by atomic mass is 9.99. The number of fused-ring (bicyclic) bond motifs is 1. The van der Waals surface area contributed by atoms with Gasteiger partial charge >= 0.3 is 5.97 Å². The van der Waals surface area contributed by atoms with Crippen LogP contribution in [0.1, 0.15) is 29.5 Å². The SMILES string of the molecule is Cl.N=C(N)c1ccc(CCC(=O)N2CCCc3cc(N(CC(=O)O)c4ccccc4)ccc32)cc1. The van der Waals surface area contributed by atoms with Gasteiger partial charge in [0.25, 0.3) is 0 Å². The number of nitrogen functional groups attached to an aromatic ring is 1. The molecule has 0 spiro atoms. The summed E-state index contributed by atoms with van der Waals surface area (Å²) in [7, 11) is 0. The van der Waals surface area contributed by atoms with Crippen LogP contribution in [-0.2, 0) is 22.4 Å². The van der Waals surface area contributed by atoms with Gasteiger partial charge in [0, 0.05) is 35.6 Å². The van der Waals surface area contributed by atoms with Crippen molar-refractivity contribution in [2.45, 2.75) is 25.7 Å². The number of amidine groups is 1. The molecule has 0 atom stereocenters. The molecule has 0 aliphatic carbocycles. The number of anilines is 3. The van der Waals surface area contributed by atoms with Crippen molar-refractivity contribution in [2.75, 3.05) is 22.9 Å². The second-order valence-corrected chi connectivity index (χ2v) is 8.39. The van der Waals surface area contributed by atoms with E-state index < -0.39 is 5.97 Å². The summed E-state index contributed by atoms with van der Waals surface area (Å²) < 4.78 is 0. The minimum atomic E-state index is -0.908. The molecule has 0 fully saturated rings. The van der Waals surface area contributed by atoms with Crippen LogP contribution in [0.5, 0.6) is 0 Å². The van der Waals surface area contributed by atoms with E-state index in [4.69, 9.17) is 11.1 Å². The summed E-state index contributed by atoms with van der Waals surface area (Å²) in [6.07, 6.45) is 2.70. The summed E-state index contributed by atoms with van der Waals surface area (Å²) in [6.45, 7) is 0.528. The molecule has 0 saturated heterocycles. The van der Waals surface area contributed by atoms with Gasteiger partial charge in [0.15, 0.2) is 0 Å². The maximum Gasteiger partial charge on any atom is 0.323 e. The molecule has 4 rings (SSSR count). The fourth-order valence-corrected chi connectivity index (χ4v) is 4.32. The van der Waals surface area contributed by atoms with Crippen molar-refractivity contribution in [1.82, 2.24) is 0 Å². The number of nitrogens with one attached hydrogen (secondary N) is 1. The summed E-state index contributed by atoms with van der Waals surface area (Å²) in [6, 6.07) is 22.7. The highest BCUT2D eigenvalue weighted by Crippen LogP contribution is 2.34. The molecule has 8 heteroatoms. The van der Waals surface area contributed by atoms with Gasteiger partial charge in [-0.15, -0.1) is 12.4 Å². The van der Waals surface area contributed by atoms with E-state index in [0.717, 1.165) is 41.0 Å². The van der Waals surface area contributed by atoms with Crippen molar-refractivity contribution in [3.63, 3.8) is 0 Å². The van der Waals surface area contributed by atoms with Crippen molar-refractivity contribution in [1.29, 1.82) is 5.41 Å². The third kappa shape index (κ3) is 6.19. The predicted octanol–water partition coefficient (Wildman–Crippen LogP) is 4.53. The molecule has 3 aromatic carbocycles. The number of hydrogen-bond acceptors (Lipinski definition) is 4. The number of aryl methyl sites for hydroxylation is 2. The Morgan fingerprint density at radius 1 is 1.00 bits per heavy atom. The standard InChI is InChI=1S/C27H28N4O3.ClH/c28-27(29)20-11-8-19(9-12-20)10-15-25(32)30-16-4-5-21-17-23(13-14-24(21)30)31(18-26(33)34)22-6-2-1-3-7-22;/h1-3,6-9,11-14,17H,4-5,10,15-16,18H2,(H3,28,29)(H,33,34);1H. The molecule has 1 heterocycles. The van der Waals surface area contributed by atoms with Crippen molar-refractivity contribution in [2.24, 2.45) is 5.73 Å². The van der Waals surface area contributed by atoms with Gasteiger partial charge in [-0.05, 0) is 60.7 Å². The number of halogens is 1. The first-order chi connectivity index (χ1) is 16.4. The van der Waals surface area contributed by atoms with E-state index in [1.165, 1.54) is 0 Å². The Hall–Kier alpha value is -3.84. The van der Waals surface area contributed by atoms with Gasteiger partial charge in [-0.1, -0.05) is 42.5 Å². The van der Waals surface area contributed by atoms with E-state index in [2.05, 4.69) is 0 Å². The average Bonchev–Trinajstić information content (AvgIpc) is 2.85. The van der Waals surface area contributed by atoms with Crippen molar-refractivity contribution >= 4 is 47.2 Å². The molecule has 4 N–H and O–H groups in total. The van der Waals surface area contributed by atoms with E-state index in [1.807, 2.05) is 65.6 Å². The van der Waals surface area contributed by atoms with Crippen LogP contribution in [-0.4, -0.2) is 35.9 Å². The number of rotatable bonds is 8. The topological polar surface area (TPSA) is 111 Å². The molecule has 1 aliphatic rings. The molecule has 182 valence electrons. The van der Waals surface area contributed by atoms with E-state index in [9.17, 15) is 14.7 Å². The van der Waals surface area contributed by atoms with Crippen LogP contribution in [0.25, 0.3) is 0 Å². The zero-order valence-electron chi connectivity index (χ0n) is 19.3. The summed E-state index contributed by atoms with van der Waals surface area (Å²) in [5.41, 5.74) is 10.8. The van der Waals surface area contributed by atoms with E-state index in [-0.39, 0.29) is 30.7 Å². The molecule has 0 radical (unpaired) electrons. The molecular weight excluding hydrogens is 464 g/mol. The Bertz CT molecular complexity index is 1200. The number of carbonyl (C=O) groups excluding carboxylic acids is 1. The van der Waals surface area contributed by atoms with Crippen LogP contribution < -0.4 is 15.5 Å². The molecule has 3 aromatic rings. The van der Waals surface area contributed by atoms with Crippen molar-refractivity contribution in [3.8, 4) is 0 Å². The molecule has 0 unspecified atom stereocenters. The number of benzene rings is 3. The van der Waals surface area contributed by atoms with Gasteiger partial charge in [0.05, 0.1) is 0 Å². The monoisotopic (exact) mass is 492 g/mol. The molecule has 1 aliphatic heterocycles. The molecule has 1 amide bonds. The number of carboxylic acid groups (broad SMARTS) is 1. The van der Waals surface area contributed by atoms with Crippen LogP contribution in [0, 0.1) is 5.41 Å². The number of nitrogens with zero attached hydrogens (tertiary/aromatic N) is 2. The minimum Gasteiger partial charge on any atom is -0.480 e. The van der Waals surface area contributed by atoms with E-state index in [1.54, 1.807) is 17.0 Å². The van der Waals surface area contributed by atoms with Crippen LogP contribution in [0.2, 0.25) is 0 Å². The smallest absolute Gasteiger partial charge is 0.323 e. The van der Waals surface area contributed by atoms with Gasteiger partial charge in [0.2, 0.25) is 5.91 Å². The second kappa shape index (κ2) is 11.5. The summed E-state index contributed by atoms with van der Waals surface area (Å²) in [4.78, 5) is 28.2. The molecule has 0 saturated carbocycles. The Morgan fingerprint density at radius 2 is 1.71 bits per heavy atom. The first-order valence-electron chi connectivity index (χ1n) is 11.3. The summed E-state index contributed by atoms with van der Waals surface area (Å²) in [5.74, 6) is -0.814. The van der Waals surface area contributed by atoms with E-state index in [0.29, 0.717) is 24.9 Å². The van der Waals surface area contributed by atoms with Crippen LogP contribution in [0.3, 0.4) is 0 Å². The number of carboxylic acids is 1. The number of hydrogen-bond donors (Lipinski definition) is 3. The summed E-state index contributed by atoms with van der Waals surface area (Å²) >= 11 is 0. The lowest BCUT2D eigenvalue weighted by Crippen LogP contribution is -2.35. The Labute approximate surface area is 211 Å². The first kappa shape index (κ1) is 25.8. The van der Waals surface area contributed by atoms with Gasteiger partial charge < -0.3 is 20.6 Å². The number of amides is 1. The Kier molecular flexibility index (Phi) is 8.49. The summed E-state index contributed by atoms with van der Waals surface area (Å²) in [5, 5.41) is 16.9. The van der Waals surface area contributed by atoms with Gasteiger partial charge in [-0.25, -0.2) is 0 Å². The Balaban J connectivity index is 0.00000342. The normalized spacial score (nSPS) is 12.3. The highest BCUT2D eigenvalue weighted by molar-refractivity contribution is 5.96. The zero-order chi connectivity index (χ0) is 24.1. The van der Waals surface area contributed by atoms with Gasteiger partial charge in [-0.2, -0.15) is 0 Å². The third-order valence-electron chi connectivity index (χ3n) is 6.05. The highest BCUT2D eigenvalue weighted by Gasteiger charge is 2.24. The fraction of sp³-hybridized carbons (Fsp3) is 0.222.